The first-order valence-corrected chi connectivity index (χ1v) is 9.69. The number of aryl methyl sites for hydroxylation is 1. The molecule has 0 saturated carbocycles. The molecule has 0 aliphatic rings. The number of hydrogen-bond donors (Lipinski definition) is 1. The third-order valence-electron chi connectivity index (χ3n) is 4.92. The lowest BCUT2D eigenvalue weighted by atomic mass is 9.87. The molecule has 0 unspecified atom stereocenters. The third-order valence-corrected chi connectivity index (χ3v) is 4.92. The van der Waals surface area contributed by atoms with Gasteiger partial charge in [0.05, 0.1) is 0 Å². The van der Waals surface area contributed by atoms with Gasteiger partial charge >= 0.3 is 0 Å². The third kappa shape index (κ3) is 4.06. The molecule has 0 bridgehead atoms. The van der Waals surface area contributed by atoms with Crippen LogP contribution in [0.4, 0.5) is 5.69 Å². The van der Waals surface area contributed by atoms with Crippen molar-refractivity contribution in [1.29, 1.82) is 0 Å². The highest BCUT2D eigenvalue weighted by molar-refractivity contribution is 6.05. The molecular formula is C25H24N2O2. The highest BCUT2D eigenvalue weighted by Crippen LogP contribution is 2.27. The van der Waals surface area contributed by atoms with Crippen LogP contribution in [0.5, 0.6) is 0 Å². The predicted molar refractivity (Wildman–Crippen MR) is 117 cm³/mol. The van der Waals surface area contributed by atoms with Crippen LogP contribution in [0, 0.1) is 6.92 Å². The van der Waals surface area contributed by atoms with Crippen LogP contribution >= 0.6 is 0 Å². The maximum absolute atomic E-state index is 12.6. The largest absolute Gasteiger partial charge is 0.436 e. The number of carbonyl (C=O) groups is 1. The highest BCUT2D eigenvalue weighted by Gasteiger charge is 2.15. The molecule has 4 aromatic rings. The Bertz CT molecular complexity index is 1180. The number of fused-ring (bicyclic) bond motifs is 1. The van der Waals surface area contributed by atoms with Gasteiger partial charge in [0.2, 0.25) is 5.89 Å². The fourth-order valence-corrected chi connectivity index (χ4v) is 3.23. The second-order valence-corrected chi connectivity index (χ2v) is 8.35. The van der Waals surface area contributed by atoms with E-state index in [4.69, 9.17) is 4.42 Å². The lowest BCUT2D eigenvalue weighted by Crippen LogP contribution is -2.14. The van der Waals surface area contributed by atoms with Crippen LogP contribution in [0.15, 0.2) is 71.1 Å². The summed E-state index contributed by atoms with van der Waals surface area (Å²) >= 11 is 0. The number of amides is 1. The first-order chi connectivity index (χ1) is 13.8. The summed E-state index contributed by atoms with van der Waals surface area (Å²) in [5.74, 6) is 0.428. The summed E-state index contributed by atoms with van der Waals surface area (Å²) in [6.45, 7) is 8.49. The Morgan fingerprint density at radius 2 is 1.72 bits per heavy atom. The second-order valence-electron chi connectivity index (χ2n) is 8.35. The Balaban J connectivity index is 1.56. The molecule has 4 nitrogen and oxygen atoms in total. The van der Waals surface area contributed by atoms with E-state index in [0.29, 0.717) is 28.2 Å². The fourth-order valence-electron chi connectivity index (χ4n) is 3.23. The van der Waals surface area contributed by atoms with Crippen LogP contribution in [0.25, 0.3) is 22.6 Å². The Labute approximate surface area is 170 Å². The number of nitrogens with one attached hydrogen (secondary N) is 1. The fraction of sp³-hybridized carbons (Fsp3) is 0.200. The molecule has 1 aromatic heterocycles. The van der Waals surface area contributed by atoms with Crippen molar-refractivity contribution in [3.63, 3.8) is 0 Å². The first kappa shape index (κ1) is 18.9. The SMILES string of the molecule is Cc1cccc(-c2nc3cc(NC(=O)c4ccc(C(C)(C)C)cc4)ccc3o2)c1. The lowest BCUT2D eigenvalue weighted by molar-refractivity contribution is 0.102. The van der Waals surface area contributed by atoms with E-state index in [1.807, 2.05) is 73.7 Å². The van der Waals surface area contributed by atoms with Crippen LogP contribution in [0.3, 0.4) is 0 Å². The minimum absolute atomic E-state index is 0.0575. The average Bonchev–Trinajstić information content (AvgIpc) is 3.11. The van der Waals surface area contributed by atoms with Crippen LogP contribution < -0.4 is 5.32 Å². The molecule has 146 valence electrons. The van der Waals surface area contributed by atoms with Crippen molar-refractivity contribution in [1.82, 2.24) is 4.98 Å². The topological polar surface area (TPSA) is 55.1 Å². The van der Waals surface area contributed by atoms with E-state index in [-0.39, 0.29) is 11.3 Å². The van der Waals surface area contributed by atoms with Crippen molar-refractivity contribution < 1.29 is 9.21 Å². The molecule has 0 aliphatic heterocycles. The lowest BCUT2D eigenvalue weighted by Gasteiger charge is -2.19. The molecule has 0 fully saturated rings. The zero-order valence-corrected chi connectivity index (χ0v) is 17.1. The van der Waals surface area contributed by atoms with E-state index < -0.39 is 0 Å². The number of rotatable bonds is 3. The molecular weight excluding hydrogens is 360 g/mol. The summed E-state index contributed by atoms with van der Waals surface area (Å²) in [4.78, 5) is 17.2. The molecule has 3 aromatic carbocycles. The van der Waals surface area contributed by atoms with Crippen molar-refractivity contribution in [3.8, 4) is 11.5 Å². The Morgan fingerprint density at radius 3 is 2.41 bits per heavy atom. The van der Waals surface area contributed by atoms with E-state index in [1.165, 1.54) is 5.56 Å². The molecule has 1 N–H and O–H groups in total. The van der Waals surface area contributed by atoms with Gasteiger partial charge in [0.25, 0.3) is 5.91 Å². The van der Waals surface area contributed by atoms with E-state index in [2.05, 4.69) is 31.1 Å². The summed E-state index contributed by atoms with van der Waals surface area (Å²) < 4.78 is 5.87. The monoisotopic (exact) mass is 384 g/mol. The van der Waals surface area contributed by atoms with Crippen LogP contribution in [-0.4, -0.2) is 10.9 Å². The molecule has 4 heteroatoms. The van der Waals surface area contributed by atoms with Gasteiger partial charge in [-0.25, -0.2) is 4.98 Å². The molecule has 0 aliphatic carbocycles. The van der Waals surface area contributed by atoms with Crippen LogP contribution in [-0.2, 0) is 5.41 Å². The summed E-state index contributed by atoms with van der Waals surface area (Å²) in [6, 6.07) is 21.3. The van der Waals surface area contributed by atoms with E-state index in [0.717, 1.165) is 11.1 Å². The second kappa shape index (κ2) is 7.21. The summed E-state index contributed by atoms with van der Waals surface area (Å²) in [5.41, 5.74) is 6.05. The molecule has 29 heavy (non-hydrogen) atoms. The Hall–Kier alpha value is -3.40. The quantitative estimate of drug-likeness (QED) is 0.447. The van der Waals surface area contributed by atoms with E-state index in [1.54, 1.807) is 0 Å². The zero-order chi connectivity index (χ0) is 20.6. The van der Waals surface area contributed by atoms with Gasteiger partial charge in [-0.3, -0.25) is 4.79 Å². The summed E-state index contributed by atoms with van der Waals surface area (Å²) in [6.07, 6.45) is 0. The minimum Gasteiger partial charge on any atom is -0.436 e. The van der Waals surface area contributed by atoms with E-state index >= 15 is 0 Å². The van der Waals surface area contributed by atoms with Crippen molar-refractivity contribution in [2.45, 2.75) is 33.1 Å². The molecule has 0 spiro atoms. The van der Waals surface area contributed by atoms with Gasteiger partial charge in [-0.1, -0.05) is 50.6 Å². The van der Waals surface area contributed by atoms with Gasteiger partial charge in [0, 0.05) is 16.8 Å². The molecule has 1 amide bonds. The van der Waals surface area contributed by atoms with Crippen LogP contribution in [0.1, 0.15) is 42.3 Å². The van der Waals surface area contributed by atoms with Gasteiger partial charge < -0.3 is 9.73 Å². The molecule has 0 radical (unpaired) electrons. The molecule has 0 saturated heterocycles. The number of hydrogen-bond acceptors (Lipinski definition) is 3. The Kier molecular flexibility index (Phi) is 4.71. The van der Waals surface area contributed by atoms with Crippen molar-refractivity contribution in [3.05, 3.63) is 83.4 Å². The average molecular weight is 384 g/mol. The number of benzene rings is 3. The number of nitrogens with zero attached hydrogens (tertiary/aromatic N) is 1. The van der Waals surface area contributed by atoms with Gasteiger partial charge in [0.1, 0.15) is 5.52 Å². The van der Waals surface area contributed by atoms with Crippen LogP contribution in [0.2, 0.25) is 0 Å². The summed E-state index contributed by atoms with van der Waals surface area (Å²) in [7, 11) is 0. The maximum atomic E-state index is 12.6. The number of oxazole rings is 1. The maximum Gasteiger partial charge on any atom is 0.255 e. The minimum atomic E-state index is -0.146. The number of aromatic nitrogens is 1. The normalized spacial score (nSPS) is 11.6. The van der Waals surface area contributed by atoms with Gasteiger partial charge in [-0.05, 0) is 60.4 Å². The highest BCUT2D eigenvalue weighted by atomic mass is 16.3. The Morgan fingerprint density at radius 1 is 0.966 bits per heavy atom. The van der Waals surface area contributed by atoms with Crippen molar-refractivity contribution in [2.75, 3.05) is 5.32 Å². The zero-order valence-electron chi connectivity index (χ0n) is 17.1. The van der Waals surface area contributed by atoms with Gasteiger partial charge in [-0.2, -0.15) is 0 Å². The smallest absolute Gasteiger partial charge is 0.255 e. The standard InChI is InChI=1S/C25H24N2O2/c1-16-6-5-7-18(14-16)24-27-21-15-20(12-13-22(21)29-24)26-23(28)17-8-10-19(11-9-17)25(2,3)4/h5-15H,1-4H3,(H,26,28). The molecule has 4 rings (SSSR count). The van der Waals surface area contributed by atoms with Gasteiger partial charge in [0.15, 0.2) is 5.58 Å². The van der Waals surface area contributed by atoms with Gasteiger partial charge in [-0.15, -0.1) is 0 Å². The summed E-state index contributed by atoms with van der Waals surface area (Å²) in [5, 5.41) is 2.95. The first-order valence-electron chi connectivity index (χ1n) is 9.69. The predicted octanol–water partition coefficient (Wildman–Crippen LogP) is 6.35. The number of anilines is 1. The number of carbonyl (C=O) groups excluding carboxylic acids is 1. The van der Waals surface area contributed by atoms with E-state index in [9.17, 15) is 4.79 Å². The molecule has 0 atom stereocenters. The van der Waals surface area contributed by atoms with Crippen molar-refractivity contribution >= 4 is 22.7 Å². The molecule has 1 heterocycles. The van der Waals surface area contributed by atoms with Crippen molar-refractivity contribution in [2.24, 2.45) is 0 Å².